The summed E-state index contributed by atoms with van der Waals surface area (Å²) in [7, 11) is 2.89. The van der Waals surface area contributed by atoms with Gasteiger partial charge in [-0.1, -0.05) is 0 Å². The van der Waals surface area contributed by atoms with E-state index < -0.39 is 17.7 Å². The first-order valence-electron chi connectivity index (χ1n) is 10.9. The lowest BCUT2D eigenvalue weighted by Crippen LogP contribution is -2.24. The number of H-pyrrole nitrogens is 1. The predicted molar refractivity (Wildman–Crippen MR) is 117 cm³/mol. The maximum absolute atomic E-state index is 13.5. The fraction of sp³-hybridized carbons (Fsp3) is 0.417. The Bertz CT molecular complexity index is 1150. The van der Waals surface area contributed by atoms with Crippen molar-refractivity contribution < 1.29 is 36.2 Å². The zero-order valence-corrected chi connectivity index (χ0v) is 19.1. The van der Waals surface area contributed by atoms with E-state index in [9.17, 15) is 22.0 Å². The summed E-state index contributed by atoms with van der Waals surface area (Å²) in [6, 6.07) is 5.53. The molecule has 1 fully saturated rings. The molecular weight excluding hydrogens is 473 g/mol. The third kappa shape index (κ3) is 5.49. The third-order valence-electron chi connectivity index (χ3n) is 5.99. The van der Waals surface area contributed by atoms with Crippen LogP contribution in [0.1, 0.15) is 48.7 Å². The average molecular weight is 497 g/mol. The number of hydrogen-bond donors (Lipinski definition) is 1. The minimum atomic E-state index is -4.47. The molecule has 2 heterocycles. The molecule has 1 aliphatic carbocycles. The Labute approximate surface area is 198 Å². The van der Waals surface area contributed by atoms with Gasteiger partial charge in [-0.25, -0.2) is 13.8 Å². The monoisotopic (exact) mass is 497 g/mol. The molecule has 1 saturated carbocycles. The Morgan fingerprint density at radius 2 is 1.74 bits per heavy atom. The van der Waals surface area contributed by atoms with E-state index in [1.54, 1.807) is 18.3 Å². The first-order chi connectivity index (χ1) is 16.6. The molecule has 1 N–H and O–H groups in total. The second kappa shape index (κ2) is 9.71. The van der Waals surface area contributed by atoms with E-state index in [4.69, 9.17) is 14.2 Å². The van der Waals surface area contributed by atoms with Crippen molar-refractivity contribution in [1.29, 1.82) is 0 Å². The Balaban J connectivity index is 1.52. The summed E-state index contributed by atoms with van der Waals surface area (Å²) in [6.45, 7) is -0.0874. The molecular formula is C24H24F5N3O3. The molecule has 0 bridgehead atoms. The van der Waals surface area contributed by atoms with Crippen LogP contribution in [-0.4, -0.2) is 35.1 Å². The van der Waals surface area contributed by atoms with Gasteiger partial charge in [0.05, 0.1) is 31.2 Å². The molecule has 3 aromatic rings. The molecule has 0 radical (unpaired) electrons. The van der Waals surface area contributed by atoms with E-state index in [0.29, 0.717) is 47.1 Å². The van der Waals surface area contributed by atoms with Gasteiger partial charge in [-0.15, -0.1) is 0 Å². The summed E-state index contributed by atoms with van der Waals surface area (Å²) in [5.41, 5.74) is 0.625. The van der Waals surface area contributed by atoms with Gasteiger partial charge < -0.3 is 19.2 Å². The number of aromatic amines is 1. The highest BCUT2D eigenvalue weighted by Gasteiger charge is 2.36. The topological polar surface area (TPSA) is 69.3 Å². The molecule has 0 amide bonds. The number of nitrogens with one attached hydrogen (secondary N) is 1. The summed E-state index contributed by atoms with van der Waals surface area (Å²) in [6.07, 6.45) is -1.65. The summed E-state index contributed by atoms with van der Waals surface area (Å²) in [4.78, 5) is 11.5. The number of imidazole rings is 1. The Morgan fingerprint density at radius 1 is 1.03 bits per heavy atom. The fourth-order valence-corrected chi connectivity index (χ4v) is 4.08. The van der Waals surface area contributed by atoms with Gasteiger partial charge in [-0.2, -0.15) is 13.2 Å². The van der Waals surface area contributed by atoms with Crippen LogP contribution in [0.25, 0.3) is 11.3 Å². The number of halogens is 5. The van der Waals surface area contributed by atoms with Crippen LogP contribution in [0.3, 0.4) is 0 Å². The van der Waals surface area contributed by atoms with Gasteiger partial charge in [0.25, 0.3) is 0 Å². The number of nitrogens with zero attached hydrogens (tertiary/aromatic N) is 2. The van der Waals surface area contributed by atoms with Crippen molar-refractivity contribution in [3.63, 3.8) is 0 Å². The van der Waals surface area contributed by atoms with Gasteiger partial charge in [0, 0.05) is 36.7 Å². The highest BCUT2D eigenvalue weighted by molar-refractivity contribution is 5.74. The van der Waals surface area contributed by atoms with Crippen LogP contribution in [0.2, 0.25) is 0 Å². The molecule has 0 saturated heterocycles. The van der Waals surface area contributed by atoms with Crippen molar-refractivity contribution >= 4 is 0 Å². The minimum Gasteiger partial charge on any atom is -0.492 e. The first kappa shape index (κ1) is 24.7. The predicted octanol–water partition coefficient (Wildman–Crippen LogP) is 6.38. The number of benzene rings is 1. The number of alkyl halides is 5. The second-order valence-corrected chi connectivity index (χ2v) is 8.30. The Morgan fingerprint density at radius 3 is 2.34 bits per heavy atom. The summed E-state index contributed by atoms with van der Waals surface area (Å²) >= 11 is 0. The maximum Gasteiger partial charge on any atom is 0.417 e. The van der Waals surface area contributed by atoms with Crippen LogP contribution in [0.15, 0.2) is 36.7 Å². The smallest absolute Gasteiger partial charge is 0.417 e. The lowest BCUT2D eigenvalue weighted by molar-refractivity contribution is -0.137. The van der Waals surface area contributed by atoms with Gasteiger partial charge in [-0.05, 0) is 37.1 Å². The van der Waals surface area contributed by atoms with Crippen molar-refractivity contribution in [1.82, 2.24) is 15.0 Å². The van der Waals surface area contributed by atoms with Crippen molar-refractivity contribution in [3.8, 4) is 28.5 Å². The van der Waals surface area contributed by atoms with Crippen LogP contribution in [0.4, 0.5) is 22.0 Å². The Hall–Kier alpha value is -3.37. The SMILES string of the molecule is COc1c(OCc2ccc(C(F)(F)F)cn2)ccc(-c2c[nH]c(C3CCC(F)(F)CC3)n2)c1OC. The van der Waals surface area contributed by atoms with Gasteiger partial charge in [0.15, 0.2) is 11.5 Å². The highest BCUT2D eigenvalue weighted by atomic mass is 19.4. The average Bonchev–Trinajstić information content (AvgIpc) is 3.31. The van der Waals surface area contributed by atoms with Crippen LogP contribution < -0.4 is 14.2 Å². The number of methoxy groups -OCH3 is 2. The highest BCUT2D eigenvalue weighted by Crippen LogP contribution is 2.45. The molecule has 0 aliphatic heterocycles. The normalized spacial score (nSPS) is 16.2. The number of hydrogen-bond acceptors (Lipinski definition) is 5. The lowest BCUT2D eigenvalue weighted by Gasteiger charge is -2.26. The van der Waals surface area contributed by atoms with Crippen molar-refractivity contribution in [3.05, 3.63) is 53.7 Å². The molecule has 2 aromatic heterocycles. The molecule has 0 spiro atoms. The number of pyridine rings is 1. The van der Waals surface area contributed by atoms with E-state index in [1.807, 2.05) is 0 Å². The molecule has 188 valence electrons. The molecule has 11 heteroatoms. The van der Waals surface area contributed by atoms with Crippen LogP contribution >= 0.6 is 0 Å². The minimum absolute atomic E-state index is 0.0740. The van der Waals surface area contributed by atoms with E-state index in [2.05, 4.69) is 15.0 Å². The van der Waals surface area contributed by atoms with Crippen LogP contribution in [-0.2, 0) is 12.8 Å². The largest absolute Gasteiger partial charge is 0.492 e. The maximum atomic E-state index is 13.5. The van der Waals surface area contributed by atoms with Gasteiger partial charge in [-0.3, -0.25) is 4.98 Å². The van der Waals surface area contributed by atoms with Crippen LogP contribution in [0.5, 0.6) is 17.2 Å². The standard InChI is InChI=1S/C24H24F5N3O3/c1-33-20-17(18-12-31-22(32-18)14-7-9-23(25,26)10-8-14)5-6-19(21(20)34-2)35-13-16-4-3-15(11-30-16)24(27,28)29/h3-6,11-12,14H,7-10,13H2,1-2H3,(H,31,32). The molecule has 4 rings (SSSR count). The summed E-state index contributed by atoms with van der Waals surface area (Å²) < 4.78 is 82.0. The van der Waals surface area contributed by atoms with E-state index in [1.165, 1.54) is 20.3 Å². The van der Waals surface area contributed by atoms with E-state index in [-0.39, 0.29) is 31.1 Å². The summed E-state index contributed by atoms with van der Waals surface area (Å²) in [5, 5.41) is 0. The molecule has 6 nitrogen and oxygen atoms in total. The quantitative estimate of drug-likeness (QED) is 0.384. The number of rotatable bonds is 7. The third-order valence-corrected chi connectivity index (χ3v) is 5.99. The molecule has 0 atom stereocenters. The molecule has 1 aliphatic rings. The van der Waals surface area contributed by atoms with Gasteiger partial charge >= 0.3 is 6.18 Å². The first-order valence-corrected chi connectivity index (χ1v) is 10.9. The number of aromatic nitrogens is 3. The lowest BCUT2D eigenvalue weighted by atomic mass is 9.86. The van der Waals surface area contributed by atoms with E-state index >= 15 is 0 Å². The van der Waals surface area contributed by atoms with Crippen molar-refractivity contribution in [2.75, 3.05) is 14.2 Å². The molecule has 35 heavy (non-hydrogen) atoms. The van der Waals surface area contributed by atoms with Crippen LogP contribution in [0, 0.1) is 0 Å². The van der Waals surface area contributed by atoms with Gasteiger partial charge in [0.1, 0.15) is 12.4 Å². The molecule has 0 unspecified atom stereocenters. The zero-order chi connectivity index (χ0) is 25.2. The van der Waals surface area contributed by atoms with Crippen molar-refractivity contribution in [2.45, 2.75) is 50.3 Å². The molecule has 1 aromatic carbocycles. The Kier molecular flexibility index (Phi) is 6.86. The zero-order valence-electron chi connectivity index (χ0n) is 19.1. The van der Waals surface area contributed by atoms with Gasteiger partial charge in [0.2, 0.25) is 11.7 Å². The van der Waals surface area contributed by atoms with E-state index in [0.717, 1.165) is 12.3 Å². The summed E-state index contributed by atoms with van der Waals surface area (Å²) in [5.74, 6) is -1.12. The fourth-order valence-electron chi connectivity index (χ4n) is 4.08. The number of ether oxygens (including phenoxy) is 3. The van der Waals surface area contributed by atoms with Crippen molar-refractivity contribution in [2.24, 2.45) is 0 Å². The second-order valence-electron chi connectivity index (χ2n) is 8.30.